The first kappa shape index (κ1) is 16.6. The Morgan fingerprint density at radius 3 is 2.76 bits per heavy atom. The zero-order valence-corrected chi connectivity index (χ0v) is 14.5. The third kappa shape index (κ3) is 4.62. The van der Waals surface area contributed by atoms with Crippen LogP contribution in [0.15, 0.2) is 18.2 Å². The first-order chi connectivity index (χ1) is 10.1. The van der Waals surface area contributed by atoms with Crippen molar-refractivity contribution >= 4 is 33.5 Å². The number of alkyl halides is 1. The number of esters is 1. The van der Waals surface area contributed by atoms with Gasteiger partial charge in [-0.3, -0.25) is 4.79 Å². The van der Waals surface area contributed by atoms with E-state index in [1.165, 1.54) is 39.2 Å². The number of halogens is 2. The molecule has 21 heavy (non-hydrogen) atoms. The van der Waals surface area contributed by atoms with Crippen LogP contribution in [0.25, 0.3) is 0 Å². The molecule has 1 fully saturated rings. The Bertz CT molecular complexity index is 486. The Morgan fingerprint density at radius 1 is 1.38 bits per heavy atom. The van der Waals surface area contributed by atoms with Crippen molar-refractivity contribution < 1.29 is 14.3 Å². The minimum Gasteiger partial charge on any atom is -0.492 e. The monoisotopic (exact) mass is 374 g/mol. The van der Waals surface area contributed by atoms with Crippen LogP contribution in [0.5, 0.6) is 5.75 Å². The van der Waals surface area contributed by atoms with Gasteiger partial charge in [0.25, 0.3) is 0 Å². The molecule has 0 bridgehead atoms. The molecular formula is C16H20BrClO3. The second-order valence-corrected chi connectivity index (χ2v) is 6.86. The van der Waals surface area contributed by atoms with Gasteiger partial charge in [-0.25, -0.2) is 0 Å². The Balaban J connectivity index is 2.09. The first-order valence-corrected chi connectivity index (χ1v) is 8.55. The average Bonchev–Trinajstić information content (AvgIpc) is 2.53. The number of methoxy groups -OCH3 is 1. The zero-order chi connectivity index (χ0) is 15.2. The maximum atomic E-state index is 11.4. The fourth-order valence-corrected chi connectivity index (χ4v) is 3.24. The van der Waals surface area contributed by atoms with Gasteiger partial charge in [0, 0.05) is 5.02 Å². The lowest BCUT2D eigenvalue weighted by Gasteiger charge is -2.24. The van der Waals surface area contributed by atoms with Gasteiger partial charge in [0.05, 0.1) is 7.11 Å². The summed E-state index contributed by atoms with van der Waals surface area (Å²) in [6.45, 7) is 0.244. The molecule has 116 valence electrons. The molecule has 0 radical (unpaired) electrons. The summed E-state index contributed by atoms with van der Waals surface area (Å²) in [6.07, 6.45) is 6.15. The van der Waals surface area contributed by atoms with E-state index in [1.54, 1.807) is 0 Å². The second kappa shape index (κ2) is 8.04. The van der Waals surface area contributed by atoms with Crippen LogP contribution in [0.1, 0.15) is 43.6 Å². The normalized spacial score (nSPS) is 17.3. The van der Waals surface area contributed by atoms with Crippen LogP contribution in [-0.2, 0) is 9.53 Å². The van der Waals surface area contributed by atoms with Gasteiger partial charge in [0.1, 0.15) is 17.2 Å². The number of ether oxygens (including phenoxy) is 2. The fourth-order valence-electron chi connectivity index (χ4n) is 2.74. The molecule has 1 aromatic rings. The van der Waals surface area contributed by atoms with Crippen molar-refractivity contribution in [3.8, 4) is 5.75 Å². The molecule has 1 saturated carbocycles. The van der Waals surface area contributed by atoms with Gasteiger partial charge in [0.15, 0.2) is 0 Å². The third-order valence-corrected chi connectivity index (χ3v) is 4.73. The summed E-state index contributed by atoms with van der Waals surface area (Å²) in [5, 5.41) is 0.728. The topological polar surface area (TPSA) is 35.5 Å². The Morgan fingerprint density at radius 2 is 2.10 bits per heavy atom. The van der Waals surface area contributed by atoms with Crippen LogP contribution in [-0.4, -0.2) is 24.5 Å². The molecule has 1 aromatic carbocycles. The molecule has 2 rings (SSSR count). The van der Waals surface area contributed by atoms with E-state index in [0.29, 0.717) is 5.92 Å². The van der Waals surface area contributed by atoms with E-state index in [4.69, 9.17) is 16.3 Å². The summed E-state index contributed by atoms with van der Waals surface area (Å²) >= 11 is 9.40. The van der Waals surface area contributed by atoms with Crippen molar-refractivity contribution in [3.63, 3.8) is 0 Å². The second-order valence-electron chi connectivity index (χ2n) is 5.32. The van der Waals surface area contributed by atoms with E-state index in [2.05, 4.69) is 20.7 Å². The molecule has 1 atom stereocenters. The number of carbonyl (C=O) groups excluding carboxylic acids is 1. The number of hydrogen-bond donors (Lipinski definition) is 0. The molecule has 0 N–H and O–H groups in total. The standard InChI is InChI=1S/C16H20BrClO3/c1-20-16(19)14(17)10-21-15-8-7-12(18)9-13(15)11-5-3-2-4-6-11/h7-9,11,14H,2-6,10H2,1H3. The zero-order valence-electron chi connectivity index (χ0n) is 12.1. The van der Waals surface area contributed by atoms with Crippen molar-refractivity contribution in [1.29, 1.82) is 0 Å². The molecule has 1 aliphatic carbocycles. The van der Waals surface area contributed by atoms with E-state index in [-0.39, 0.29) is 12.6 Å². The van der Waals surface area contributed by atoms with E-state index < -0.39 is 4.83 Å². The highest BCUT2D eigenvalue weighted by Gasteiger charge is 2.21. The first-order valence-electron chi connectivity index (χ1n) is 7.26. The van der Waals surface area contributed by atoms with Crippen LogP contribution in [0.3, 0.4) is 0 Å². The number of benzene rings is 1. The van der Waals surface area contributed by atoms with Gasteiger partial charge in [-0.1, -0.05) is 46.8 Å². The van der Waals surface area contributed by atoms with Gasteiger partial charge in [0.2, 0.25) is 0 Å². The van der Waals surface area contributed by atoms with Gasteiger partial charge in [-0.05, 0) is 42.5 Å². The molecular weight excluding hydrogens is 356 g/mol. The van der Waals surface area contributed by atoms with Crippen LogP contribution in [0.4, 0.5) is 0 Å². The van der Waals surface area contributed by atoms with Crippen LogP contribution >= 0.6 is 27.5 Å². The van der Waals surface area contributed by atoms with Gasteiger partial charge in [-0.2, -0.15) is 0 Å². The van der Waals surface area contributed by atoms with E-state index >= 15 is 0 Å². The highest BCUT2D eigenvalue weighted by Crippen LogP contribution is 2.38. The van der Waals surface area contributed by atoms with Crippen molar-refractivity contribution in [1.82, 2.24) is 0 Å². The van der Waals surface area contributed by atoms with E-state index in [0.717, 1.165) is 16.3 Å². The summed E-state index contributed by atoms with van der Waals surface area (Å²) in [7, 11) is 1.37. The van der Waals surface area contributed by atoms with Crippen molar-refractivity contribution in [3.05, 3.63) is 28.8 Å². The molecule has 0 aromatic heterocycles. The lowest BCUT2D eigenvalue weighted by molar-refractivity contribution is -0.140. The summed E-state index contributed by atoms with van der Waals surface area (Å²) in [5.74, 6) is 0.988. The molecule has 5 heteroatoms. The predicted molar refractivity (Wildman–Crippen MR) is 87.5 cm³/mol. The summed E-state index contributed by atoms with van der Waals surface area (Å²) in [4.78, 5) is 10.9. The summed E-state index contributed by atoms with van der Waals surface area (Å²) in [6, 6.07) is 5.71. The Hall–Kier alpha value is -0.740. The fraction of sp³-hybridized carbons (Fsp3) is 0.562. The average molecular weight is 376 g/mol. The molecule has 0 saturated heterocycles. The minimum absolute atomic E-state index is 0.244. The maximum absolute atomic E-state index is 11.4. The lowest BCUT2D eigenvalue weighted by atomic mass is 9.84. The van der Waals surface area contributed by atoms with E-state index in [1.807, 2.05) is 18.2 Å². The van der Waals surface area contributed by atoms with Crippen molar-refractivity contribution in [2.45, 2.75) is 42.8 Å². The minimum atomic E-state index is -0.461. The van der Waals surface area contributed by atoms with Crippen LogP contribution in [0.2, 0.25) is 5.02 Å². The van der Waals surface area contributed by atoms with Gasteiger partial charge < -0.3 is 9.47 Å². The molecule has 0 aliphatic heterocycles. The summed E-state index contributed by atoms with van der Waals surface area (Å²) < 4.78 is 10.5. The molecule has 0 spiro atoms. The van der Waals surface area contributed by atoms with Crippen LogP contribution < -0.4 is 4.74 Å². The predicted octanol–water partition coefficient (Wildman–Crippen LogP) is 4.70. The maximum Gasteiger partial charge on any atom is 0.322 e. The van der Waals surface area contributed by atoms with E-state index in [9.17, 15) is 4.79 Å². The Kier molecular flexibility index (Phi) is 6.37. The summed E-state index contributed by atoms with van der Waals surface area (Å²) in [5.41, 5.74) is 1.16. The largest absolute Gasteiger partial charge is 0.492 e. The molecule has 3 nitrogen and oxygen atoms in total. The van der Waals surface area contributed by atoms with Gasteiger partial charge >= 0.3 is 5.97 Å². The number of carbonyl (C=O) groups is 1. The highest BCUT2D eigenvalue weighted by atomic mass is 79.9. The molecule has 0 amide bonds. The van der Waals surface area contributed by atoms with Crippen LogP contribution in [0, 0.1) is 0 Å². The lowest BCUT2D eigenvalue weighted by Crippen LogP contribution is -2.23. The smallest absolute Gasteiger partial charge is 0.322 e. The number of rotatable bonds is 5. The van der Waals surface area contributed by atoms with Crippen molar-refractivity contribution in [2.75, 3.05) is 13.7 Å². The molecule has 1 aliphatic rings. The number of hydrogen-bond acceptors (Lipinski definition) is 3. The quantitative estimate of drug-likeness (QED) is 0.552. The molecule has 0 heterocycles. The SMILES string of the molecule is COC(=O)C(Br)COc1ccc(Cl)cc1C1CCCCC1. The van der Waals surface area contributed by atoms with Gasteiger partial charge in [-0.15, -0.1) is 0 Å². The highest BCUT2D eigenvalue weighted by molar-refractivity contribution is 9.10. The third-order valence-electron chi connectivity index (χ3n) is 3.86. The molecule has 1 unspecified atom stereocenters. The van der Waals surface area contributed by atoms with Crippen molar-refractivity contribution in [2.24, 2.45) is 0 Å². The Labute approximate surface area is 139 Å².